The van der Waals surface area contributed by atoms with Gasteiger partial charge in [0, 0.05) is 17.7 Å². The van der Waals surface area contributed by atoms with E-state index in [1.807, 2.05) is 0 Å². The van der Waals surface area contributed by atoms with E-state index in [1.54, 1.807) is 0 Å². The van der Waals surface area contributed by atoms with Crippen molar-refractivity contribution in [3.63, 3.8) is 0 Å². The largest absolute Gasteiger partial charge is 0.213 e. The zero-order chi connectivity index (χ0) is 49.8. The summed E-state index contributed by atoms with van der Waals surface area (Å²) in [5, 5.41) is 2.57. The molecule has 0 bridgehead atoms. The van der Waals surface area contributed by atoms with Crippen LogP contribution in [0.3, 0.4) is 0 Å². The van der Waals surface area contributed by atoms with Gasteiger partial charge in [0.25, 0.3) is 0 Å². The van der Waals surface area contributed by atoms with E-state index >= 15 is 35.1 Å². The van der Waals surface area contributed by atoms with Gasteiger partial charge in [0.15, 0.2) is 82.5 Å². The van der Waals surface area contributed by atoms with E-state index in [-0.39, 0.29) is 0 Å². The summed E-state index contributed by atoms with van der Waals surface area (Å²) in [5.41, 5.74) is -10.5. The van der Waals surface area contributed by atoms with Crippen molar-refractivity contribution in [2.24, 2.45) is 0 Å². The van der Waals surface area contributed by atoms with Gasteiger partial charge in [-0.25, -0.2) is 87.8 Å². The second-order valence-corrected chi connectivity index (χ2v) is 14.5. The molecule has 7 aromatic carbocycles. The third kappa shape index (κ3) is 7.54. The van der Waals surface area contributed by atoms with Crippen LogP contribution in [0.1, 0.15) is 5.56 Å². The van der Waals surface area contributed by atoms with E-state index in [9.17, 15) is 52.7 Å². The van der Waals surface area contributed by atoms with Crippen LogP contribution in [0, 0.1) is 116 Å². The van der Waals surface area contributed by atoms with Crippen LogP contribution in [-0.2, 0) is 6.54 Å². The Balaban J connectivity index is 0.000000246. The molecule has 0 aliphatic rings. The Bertz CT molecular complexity index is 2940. The molecule has 0 spiro atoms. The summed E-state index contributed by atoms with van der Waals surface area (Å²) in [6, 6.07) is 32.1. The fourth-order valence-corrected chi connectivity index (χ4v) is 7.96. The fourth-order valence-electron chi connectivity index (χ4n) is 7.96. The normalized spacial score (nSPS) is 11.6. The highest BCUT2D eigenvalue weighted by molar-refractivity contribution is 7.20. The van der Waals surface area contributed by atoms with Crippen LogP contribution >= 0.6 is 0 Å². The number of benzene rings is 7. The molecule has 1 nitrogen and oxygen atoms in total. The molecule has 0 aliphatic heterocycles. The maximum absolute atomic E-state index is 15.4. The summed E-state index contributed by atoms with van der Waals surface area (Å²) in [7, 11) is 0. The first-order valence-electron chi connectivity index (χ1n) is 18.9. The van der Waals surface area contributed by atoms with E-state index in [1.165, 1.54) is 27.6 Å². The van der Waals surface area contributed by atoms with Gasteiger partial charge in [-0.05, 0) is 22.9 Å². The van der Waals surface area contributed by atoms with Crippen molar-refractivity contribution >= 4 is 38.8 Å². The van der Waals surface area contributed by atoms with Gasteiger partial charge in [0.05, 0.1) is 5.56 Å². The summed E-state index contributed by atoms with van der Waals surface area (Å²) < 4.78 is 296. The van der Waals surface area contributed by atoms with Crippen molar-refractivity contribution < 1.29 is 92.4 Å². The zero-order valence-electron chi connectivity index (χ0n) is 33.0. The molecule has 1 heterocycles. The van der Waals surface area contributed by atoms with Gasteiger partial charge in [-0.3, -0.25) is 0 Å². The van der Waals surface area contributed by atoms with Crippen LogP contribution in [0.15, 0.2) is 97.2 Å². The minimum atomic E-state index is -7.22. The minimum absolute atomic E-state index is 0.875. The Morgan fingerprint density at radius 3 is 0.985 bits per heavy atom. The lowest BCUT2D eigenvalue weighted by atomic mass is 9.12. The molecule has 68 heavy (non-hydrogen) atoms. The fraction of sp³-hybridized carbons (Fsp3) is 0.0217. The van der Waals surface area contributed by atoms with Gasteiger partial charge in [-0.1, -0.05) is 66.7 Å². The average molecular weight is 975 g/mol. The third-order valence-corrected chi connectivity index (χ3v) is 10.9. The lowest BCUT2D eigenvalue weighted by Gasteiger charge is -2.44. The van der Waals surface area contributed by atoms with E-state index in [4.69, 9.17) is 0 Å². The van der Waals surface area contributed by atoms with Crippen molar-refractivity contribution in [3.05, 3.63) is 219 Å². The molecular weight excluding hydrogens is 957 g/mol. The molecule has 0 saturated carbocycles. The smallest absolute Gasteiger partial charge is 0.207 e. The van der Waals surface area contributed by atoms with E-state index in [0.29, 0.717) is 0 Å². The van der Waals surface area contributed by atoms with Crippen LogP contribution in [0.2, 0.25) is 0 Å². The molecule has 0 N–H and O–H groups in total. The van der Waals surface area contributed by atoms with Crippen LogP contribution in [0.4, 0.5) is 87.8 Å². The molecule has 0 saturated heterocycles. The summed E-state index contributed by atoms with van der Waals surface area (Å²) in [6.07, 6.45) is -5.06. The number of halogens is 20. The zero-order valence-corrected chi connectivity index (χ0v) is 33.0. The Morgan fingerprint density at radius 2 is 0.603 bits per heavy atom. The van der Waals surface area contributed by atoms with Crippen molar-refractivity contribution in [2.45, 2.75) is 6.54 Å². The number of hydrogen-bond acceptors (Lipinski definition) is 0. The number of rotatable bonds is 7. The lowest BCUT2D eigenvalue weighted by Crippen LogP contribution is -2.81. The van der Waals surface area contributed by atoms with Crippen molar-refractivity contribution in [1.82, 2.24) is 0 Å². The van der Waals surface area contributed by atoms with Gasteiger partial charge < -0.3 is 0 Å². The van der Waals surface area contributed by atoms with Crippen molar-refractivity contribution in [1.29, 1.82) is 0 Å². The van der Waals surface area contributed by atoms with Crippen LogP contribution < -0.4 is 26.4 Å². The molecular formula is C46H18BF20N. The Labute approximate surface area is 367 Å². The number of hydrogen-bond donors (Lipinski definition) is 0. The van der Waals surface area contributed by atoms with Crippen molar-refractivity contribution in [3.8, 4) is 11.3 Å². The number of pyridine rings is 1. The summed E-state index contributed by atoms with van der Waals surface area (Å²) in [4.78, 5) is 0. The molecule has 0 aliphatic carbocycles. The van der Waals surface area contributed by atoms with Gasteiger partial charge in [-0.2, -0.15) is 4.57 Å². The van der Waals surface area contributed by atoms with Crippen LogP contribution in [0.5, 0.6) is 0 Å². The molecule has 0 radical (unpaired) electrons. The molecule has 0 atom stereocenters. The highest BCUT2D eigenvalue weighted by Gasteiger charge is 2.52. The topological polar surface area (TPSA) is 3.88 Å². The Morgan fingerprint density at radius 1 is 0.294 bits per heavy atom. The summed E-state index contributed by atoms with van der Waals surface area (Å²) in [6.45, 7) is 0.875. The molecule has 0 unspecified atom stereocenters. The molecule has 0 fully saturated rings. The molecule has 0 amide bonds. The predicted octanol–water partition coefficient (Wildman–Crippen LogP) is 10.7. The Hall–Kier alpha value is -7.39. The Kier molecular flexibility index (Phi) is 13.1. The highest BCUT2D eigenvalue weighted by Crippen LogP contribution is 2.31. The van der Waals surface area contributed by atoms with E-state index < -0.39 is 144 Å². The van der Waals surface area contributed by atoms with E-state index in [2.05, 4.69) is 102 Å². The summed E-state index contributed by atoms with van der Waals surface area (Å²) in [5.74, 6) is -71.4. The van der Waals surface area contributed by atoms with Crippen LogP contribution in [-0.4, -0.2) is 6.15 Å². The first kappa shape index (κ1) is 48.5. The van der Waals surface area contributed by atoms with Crippen LogP contribution in [0.25, 0.3) is 22.0 Å². The SMILES string of the molecule is Fc1c(F)c(F)c([B-](c2c(F)c(F)c(F)c(F)c2F)(c2c(F)c(F)c(F)c(F)c2F)c2c(F)c(F)c(F)c(F)c2F)c(F)c1F.c1ccc(C[n+]2ccccc2-c2cccc3ccccc23)cc1. The first-order valence-corrected chi connectivity index (χ1v) is 18.9. The molecule has 350 valence electrons. The quantitative estimate of drug-likeness (QED) is 0.0493. The van der Waals surface area contributed by atoms with Gasteiger partial charge >= 0.3 is 0 Å². The second kappa shape index (κ2) is 18.4. The maximum Gasteiger partial charge on any atom is 0.213 e. The molecule has 1 aromatic heterocycles. The minimum Gasteiger partial charge on any atom is -0.207 e. The van der Waals surface area contributed by atoms with Gasteiger partial charge in [-0.15, -0.1) is 21.9 Å². The van der Waals surface area contributed by atoms with Gasteiger partial charge in [0.1, 0.15) is 52.7 Å². The number of aromatic nitrogens is 1. The monoisotopic (exact) mass is 975 g/mol. The maximum atomic E-state index is 15.4. The van der Waals surface area contributed by atoms with E-state index in [0.717, 1.165) is 6.54 Å². The molecule has 22 heteroatoms. The third-order valence-electron chi connectivity index (χ3n) is 10.9. The first-order chi connectivity index (χ1) is 32.1. The average Bonchev–Trinajstić information content (AvgIpc) is 3.34. The summed E-state index contributed by atoms with van der Waals surface area (Å²) >= 11 is 0. The molecule has 8 rings (SSSR count). The number of nitrogens with zero attached hydrogens (tertiary/aromatic N) is 1. The second-order valence-electron chi connectivity index (χ2n) is 14.5. The lowest BCUT2D eigenvalue weighted by molar-refractivity contribution is -0.677. The van der Waals surface area contributed by atoms with Gasteiger partial charge in [0.2, 0.25) is 5.69 Å². The number of fused-ring (bicyclic) bond motifs is 1. The predicted molar refractivity (Wildman–Crippen MR) is 204 cm³/mol. The standard InChI is InChI=1S/C24BF20.C22H18N/c26-5-1(6(27)14(35)21(42)13(5)34)25(2-7(28)15(36)22(43)16(37)8(2)29,3-9(30)17(38)23(44)18(39)10(3)31)4-11(32)19(40)24(45)20(41)12(4)33;1-2-9-18(10-3-1)17-23-16-7-6-15-22(23)21-14-8-12-19-11-4-5-13-20(19)21/h;1-16H,17H2/q-1;+1. The van der Waals surface area contributed by atoms with Crippen molar-refractivity contribution in [2.75, 3.05) is 0 Å². The highest BCUT2D eigenvalue weighted by atomic mass is 19.2. The molecule has 8 aromatic rings.